The Kier molecular flexibility index (Phi) is 4.45. The number of ether oxygens (including phenoxy) is 1. The minimum atomic E-state index is -0.473. The lowest BCUT2D eigenvalue weighted by Crippen LogP contribution is -2.05. The van der Waals surface area contributed by atoms with Gasteiger partial charge in [-0.3, -0.25) is 0 Å². The van der Waals surface area contributed by atoms with Crippen LogP contribution in [0.5, 0.6) is 5.75 Å². The molecular weight excluding hydrogens is 261 g/mol. The SMILES string of the molecule is CCOc1cc(NCc2ncc(CC)o2)c(N)cc1F. The number of oxazole rings is 1. The van der Waals surface area contributed by atoms with E-state index in [9.17, 15) is 4.39 Å². The van der Waals surface area contributed by atoms with Gasteiger partial charge in [-0.15, -0.1) is 0 Å². The topological polar surface area (TPSA) is 73.3 Å². The van der Waals surface area contributed by atoms with Crippen molar-refractivity contribution in [2.45, 2.75) is 26.8 Å². The van der Waals surface area contributed by atoms with Crippen LogP contribution in [-0.4, -0.2) is 11.6 Å². The lowest BCUT2D eigenvalue weighted by Gasteiger charge is -2.11. The van der Waals surface area contributed by atoms with Gasteiger partial charge in [0.05, 0.1) is 30.7 Å². The molecule has 0 aliphatic carbocycles. The Morgan fingerprint density at radius 2 is 2.20 bits per heavy atom. The third-order valence-electron chi connectivity index (χ3n) is 2.78. The number of anilines is 2. The van der Waals surface area contributed by atoms with E-state index >= 15 is 0 Å². The first kappa shape index (κ1) is 14.2. The van der Waals surface area contributed by atoms with Gasteiger partial charge in [0.15, 0.2) is 11.6 Å². The fraction of sp³-hybridized carbons (Fsp3) is 0.357. The number of hydrogen-bond donors (Lipinski definition) is 2. The first-order chi connectivity index (χ1) is 9.63. The third kappa shape index (κ3) is 3.20. The molecule has 3 N–H and O–H groups in total. The van der Waals surface area contributed by atoms with Gasteiger partial charge in [-0.25, -0.2) is 9.37 Å². The Bertz CT molecular complexity index is 584. The van der Waals surface area contributed by atoms with Crippen LogP contribution >= 0.6 is 0 Å². The standard InChI is InChI=1S/C14H18FN3O2/c1-3-9-7-18-14(20-9)8-17-12-6-13(19-4-2)10(15)5-11(12)16/h5-7,17H,3-4,8,16H2,1-2H3. The van der Waals surface area contributed by atoms with Crippen molar-refractivity contribution in [2.75, 3.05) is 17.7 Å². The lowest BCUT2D eigenvalue weighted by atomic mass is 10.2. The lowest BCUT2D eigenvalue weighted by molar-refractivity contribution is 0.322. The highest BCUT2D eigenvalue weighted by molar-refractivity contribution is 5.68. The van der Waals surface area contributed by atoms with Crippen LogP contribution < -0.4 is 15.8 Å². The molecule has 0 atom stereocenters. The summed E-state index contributed by atoms with van der Waals surface area (Å²) in [6.45, 7) is 4.55. The Labute approximate surface area is 116 Å². The summed E-state index contributed by atoms with van der Waals surface area (Å²) in [6, 6.07) is 2.78. The Balaban J connectivity index is 2.10. The molecule has 0 unspecified atom stereocenters. The van der Waals surface area contributed by atoms with E-state index in [1.54, 1.807) is 13.1 Å². The van der Waals surface area contributed by atoms with Crippen LogP contribution in [0.2, 0.25) is 0 Å². The molecule has 0 amide bonds. The van der Waals surface area contributed by atoms with E-state index in [2.05, 4.69) is 10.3 Å². The average molecular weight is 279 g/mol. The predicted molar refractivity (Wildman–Crippen MR) is 75.2 cm³/mol. The van der Waals surface area contributed by atoms with Crippen molar-refractivity contribution in [1.82, 2.24) is 4.98 Å². The number of nitrogens with one attached hydrogen (secondary N) is 1. The molecule has 1 aromatic carbocycles. The molecule has 0 saturated heterocycles. The minimum Gasteiger partial charge on any atom is -0.491 e. The van der Waals surface area contributed by atoms with E-state index in [0.29, 0.717) is 30.4 Å². The monoisotopic (exact) mass is 279 g/mol. The molecule has 0 bridgehead atoms. The van der Waals surface area contributed by atoms with Gasteiger partial charge in [-0.2, -0.15) is 0 Å². The second-order valence-corrected chi connectivity index (χ2v) is 4.23. The van der Waals surface area contributed by atoms with E-state index in [0.717, 1.165) is 12.2 Å². The number of nitrogen functional groups attached to an aromatic ring is 1. The number of nitrogens with zero attached hydrogens (tertiary/aromatic N) is 1. The van der Waals surface area contributed by atoms with Gasteiger partial charge in [0.2, 0.25) is 5.89 Å². The molecular formula is C14H18FN3O2. The second kappa shape index (κ2) is 6.27. The smallest absolute Gasteiger partial charge is 0.213 e. The summed E-state index contributed by atoms with van der Waals surface area (Å²) in [7, 11) is 0. The van der Waals surface area contributed by atoms with Crippen LogP contribution in [-0.2, 0) is 13.0 Å². The van der Waals surface area contributed by atoms with Crippen LogP contribution in [0, 0.1) is 5.82 Å². The molecule has 0 spiro atoms. The largest absolute Gasteiger partial charge is 0.491 e. The summed E-state index contributed by atoms with van der Waals surface area (Å²) in [4.78, 5) is 4.13. The molecule has 0 fully saturated rings. The summed E-state index contributed by atoms with van der Waals surface area (Å²) in [6.07, 6.45) is 2.48. The van der Waals surface area contributed by atoms with Crippen LogP contribution in [0.15, 0.2) is 22.7 Å². The molecule has 0 aliphatic rings. The van der Waals surface area contributed by atoms with Gasteiger partial charge in [0, 0.05) is 18.6 Å². The molecule has 0 saturated carbocycles. The van der Waals surface area contributed by atoms with Crippen LogP contribution in [0.1, 0.15) is 25.5 Å². The molecule has 1 aromatic heterocycles. The van der Waals surface area contributed by atoms with E-state index in [1.807, 2.05) is 6.92 Å². The molecule has 1 heterocycles. The number of hydrogen-bond acceptors (Lipinski definition) is 5. The fourth-order valence-electron chi connectivity index (χ4n) is 1.75. The molecule has 0 radical (unpaired) electrons. The Hall–Kier alpha value is -2.24. The number of nitrogens with two attached hydrogens (primary N) is 1. The van der Waals surface area contributed by atoms with Crippen molar-refractivity contribution in [3.05, 3.63) is 35.8 Å². The number of aryl methyl sites for hydroxylation is 1. The maximum absolute atomic E-state index is 13.6. The number of halogens is 1. The zero-order valence-electron chi connectivity index (χ0n) is 11.6. The van der Waals surface area contributed by atoms with Crippen LogP contribution in [0.25, 0.3) is 0 Å². The normalized spacial score (nSPS) is 10.6. The fourth-order valence-corrected chi connectivity index (χ4v) is 1.75. The van der Waals surface area contributed by atoms with Gasteiger partial charge in [0.25, 0.3) is 0 Å². The predicted octanol–water partition coefficient (Wildman–Crippen LogP) is 2.97. The zero-order valence-corrected chi connectivity index (χ0v) is 11.6. The number of benzene rings is 1. The highest BCUT2D eigenvalue weighted by Gasteiger charge is 2.10. The molecule has 0 aliphatic heterocycles. The Morgan fingerprint density at radius 1 is 1.40 bits per heavy atom. The zero-order chi connectivity index (χ0) is 14.5. The van der Waals surface area contributed by atoms with E-state index in [1.165, 1.54) is 12.1 Å². The molecule has 108 valence electrons. The number of aromatic nitrogens is 1. The van der Waals surface area contributed by atoms with Gasteiger partial charge in [-0.1, -0.05) is 6.92 Å². The Morgan fingerprint density at radius 3 is 2.85 bits per heavy atom. The van der Waals surface area contributed by atoms with Crippen molar-refractivity contribution >= 4 is 11.4 Å². The average Bonchev–Trinajstić information content (AvgIpc) is 2.88. The van der Waals surface area contributed by atoms with Crippen molar-refractivity contribution in [3.8, 4) is 5.75 Å². The number of rotatable bonds is 6. The van der Waals surface area contributed by atoms with Crippen molar-refractivity contribution in [3.63, 3.8) is 0 Å². The molecule has 20 heavy (non-hydrogen) atoms. The molecule has 6 heteroatoms. The van der Waals surface area contributed by atoms with Gasteiger partial charge >= 0.3 is 0 Å². The summed E-state index contributed by atoms with van der Waals surface area (Å²) in [5.74, 6) is 1.08. The third-order valence-corrected chi connectivity index (χ3v) is 2.78. The molecule has 5 nitrogen and oxygen atoms in total. The van der Waals surface area contributed by atoms with E-state index in [-0.39, 0.29) is 5.75 Å². The van der Waals surface area contributed by atoms with Gasteiger partial charge in [0.1, 0.15) is 5.76 Å². The molecule has 2 aromatic rings. The van der Waals surface area contributed by atoms with Crippen molar-refractivity contribution < 1.29 is 13.5 Å². The minimum absolute atomic E-state index is 0.172. The quantitative estimate of drug-likeness (QED) is 0.795. The summed E-state index contributed by atoms with van der Waals surface area (Å²) in [5.41, 5.74) is 6.68. The van der Waals surface area contributed by atoms with Gasteiger partial charge in [-0.05, 0) is 6.92 Å². The van der Waals surface area contributed by atoms with Crippen LogP contribution in [0.4, 0.5) is 15.8 Å². The maximum atomic E-state index is 13.6. The van der Waals surface area contributed by atoms with Crippen molar-refractivity contribution in [1.29, 1.82) is 0 Å². The van der Waals surface area contributed by atoms with E-state index in [4.69, 9.17) is 14.9 Å². The van der Waals surface area contributed by atoms with E-state index < -0.39 is 5.82 Å². The second-order valence-electron chi connectivity index (χ2n) is 4.23. The summed E-state index contributed by atoms with van der Waals surface area (Å²) >= 11 is 0. The highest BCUT2D eigenvalue weighted by Crippen LogP contribution is 2.28. The molecule has 2 rings (SSSR count). The van der Waals surface area contributed by atoms with Crippen LogP contribution in [0.3, 0.4) is 0 Å². The first-order valence-corrected chi connectivity index (χ1v) is 6.53. The summed E-state index contributed by atoms with van der Waals surface area (Å²) < 4.78 is 24.2. The maximum Gasteiger partial charge on any atom is 0.213 e. The summed E-state index contributed by atoms with van der Waals surface area (Å²) in [5, 5.41) is 3.06. The highest BCUT2D eigenvalue weighted by atomic mass is 19.1. The van der Waals surface area contributed by atoms with Crippen molar-refractivity contribution in [2.24, 2.45) is 0 Å². The first-order valence-electron chi connectivity index (χ1n) is 6.53. The van der Waals surface area contributed by atoms with Gasteiger partial charge < -0.3 is 20.2 Å².